The number of hydrogen-bond acceptors (Lipinski definition) is 7. The van der Waals surface area contributed by atoms with Gasteiger partial charge in [0.25, 0.3) is 5.91 Å². The summed E-state index contributed by atoms with van der Waals surface area (Å²) in [5, 5.41) is 2.80. The smallest absolute Gasteiger partial charge is 0.408 e. The molecule has 1 aliphatic heterocycles. The fraction of sp³-hybridized carbons (Fsp3) is 0.348. The maximum absolute atomic E-state index is 14.7. The molecule has 188 valence electrons. The third-order valence-corrected chi connectivity index (χ3v) is 7.35. The van der Waals surface area contributed by atoms with Crippen molar-refractivity contribution in [2.24, 2.45) is 5.84 Å². The van der Waals surface area contributed by atoms with Crippen molar-refractivity contribution in [3.63, 3.8) is 0 Å². The average molecular weight is 526 g/mol. The molecule has 0 saturated carbocycles. The highest BCUT2D eigenvalue weighted by molar-refractivity contribution is 7.91. The van der Waals surface area contributed by atoms with Gasteiger partial charge < -0.3 is 10.1 Å². The van der Waals surface area contributed by atoms with E-state index in [-0.39, 0.29) is 12.0 Å². The van der Waals surface area contributed by atoms with Crippen LogP contribution >= 0.6 is 11.6 Å². The number of nitrogen functional groups attached to an aromatic ring is 1. The van der Waals surface area contributed by atoms with Crippen LogP contribution < -0.4 is 16.6 Å². The van der Waals surface area contributed by atoms with E-state index < -0.39 is 67.2 Å². The van der Waals surface area contributed by atoms with E-state index in [2.05, 4.69) is 5.32 Å². The number of benzene rings is 2. The van der Waals surface area contributed by atoms with Gasteiger partial charge in [-0.2, -0.15) is 0 Å². The number of ether oxygens (including phenoxy) is 1. The van der Waals surface area contributed by atoms with Crippen LogP contribution in [-0.2, 0) is 25.8 Å². The summed E-state index contributed by atoms with van der Waals surface area (Å²) >= 11 is 5.94. The molecule has 1 unspecified atom stereocenters. The molecule has 2 aromatic carbocycles. The van der Waals surface area contributed by atoms with Crippen molar-refractivity contribution in [2.45, 2.75) is 49.6 Å². The molecule has 2 aromatic rings. The van der Waals surface area contributed by atoms with Gasteiger partial charge in [-0.3, -0.25) is 15.0 Å². The lowest BCUT2D eigenvalue weighted by molar-refractivity contribution is -0.122. The Balaban J connectivity index is 2.15. The number of fused-ring (bicyclic) bond motifs is 1. The molecule has 2 amide bonds. The predicted molar refractivity (Wildman–Crippen MR) is 126 cm³/mol. The number of ketones is 1. The SMILES string of the molecule is CC(C)(C)OC(=O)N[C@H]1CS(=O)(=O)c2cc(F)c(C(=O)NN)cc2C(Cc2ccc(Cl)cc2)C1=O. The zero-order chi connectivity index (χ0) is 26.1. The van der Waals surface area contributed by atoms with Gasteiger partial charge in [-0.05, 0) is 62.6 Å². The number of amides is 2. The van der Waals surface area contributed by atoms with Gasteiger partial charge in [0.1, 0.15) is 17.5 Å². The summed E-state index contributed by atoms with van der Waals surface area (Å²) in [4.78, 5) is 37.7. The molecule has 1 heterocycles. The number of hydrogen-bond donors (Lipinski definition) is 3. The highest BCUT2D eigenvalue weighted by Crippen LogP contribution is 2.35. The lowest BCUT2D eigenvalue weighted by atomic mass is 9.85. The monoisotopic (exact) mass is 525 g/mol. The Bertz CT molecular complexity index is 1280. The first-order chi connectivity index (χ1) is 16.2. The minimum Gasteiger partial charge on any atom is -0.444 e. The largest absolute Gasteiger partial charge is 0.444 e. The van der Waals surface area contributed by atoms with Gasteiger partial charge in [-0.25, -0.2) is 23.4 Å². The van der Waals surface area contributed by atoms with Crippen molar-refractivity contribution in [1.82, 2.24) is 10.7 Å². The molecule has 12 heteroatoms. The van der Waals surface area contributed by atoms with E-state index in [1.165, 1.54) is 0 Å². The standard InChI is InChI=1S/C23H25ClFN3O6S/c1-23(2,3)34-22(31)27-18-11-35(32,33)19-10-17(25)16(21(30)28-26)9-14(19)15(20(18)29)8-12-4-6-13(24)7-5-12/h4-7,9-10,15,18H,8,11,26H2,1-3H3,(H,27,31)(H,28,30)/t15?,18-/m0/s1. The van der Waals surface area contributed by atoms with Crippen molar-refractivity contribution in [3.05, 3.63) is 63.9 Å². The second-order valence-electron chi connectivity index (χ2n) is 9.11. The highest BCUT2D eigenvalue weighted by atomic mass is 35.5. The number of carbonyl (C=O) groups is 3. The van der Waals surface area contributed by atoms with Crippen LogP contribution in [0.4, 0.5) is 9.18 Å². The van der Waals surface area contributed by atoms with E-state index in [9.17, 15) is 27.2 Å². The molecule has 9 nitrogen and oxygen atoms in total. The van der Waals surface area contributed by atoms with Crippen LogP contribution in [0.1, 0.15) is 48.2 Å². The minimum absolute atomic E-state index is 0.000334. The van der Waals surface area contributed by atoms with Gasteiger partial charge in [0.2, 0.25) is 0 Å². The van der Waals surface area contributed by atoms with E-state index in [0.29, 0.717) is 16.7 Å². The second kappa shape index (κ2) is 9.92. The topological polar surface area (TPSA) is 145 Å². The molecule has 0 bridgehead atoms. The molecule has 0 saturated heterocycles. The maximum atomic E-state index is 14.7. The van der Waals surface area contributed by atoms with Crippen molar-refractivity contribution >= 4 is 39.2 Å². The number of carbonyl (C=O) groups excluding carboxylic acids is 3. The normalized spacial score (nSPS) is 19.3. The van der Waals surface area contributed by atoms with Gasteiger partial charge in [0.05, 0.1) is 22.1 Å². The molecule has 0 spiro atoms. The van der Waals surface area contributed by atoms with E-state index >= 15 is 0 Å². The maximum Gasteiger partial charge on any atom is 0.408 e. The first-order valence-electron chi connectivity index (χ1n) is 10.6. The molecule has 35 heavy (non-hydrogen) atoms. The first kappa shape index (κ1) is 26.6. The number of nitrogens with two attached hydrogens (primary N) is 1. The number of Topliss-reactive ketones (excluding diaryl/α,β-unsaturated/α-hetero) is 1. The Morgan fingerprint density at radius 2 is 1.83 bits per heavy atom. The molecule has 4 N–H and O–H groups in total. The molecule has 1 aliphatic rings. The Labute approximate surface area is 207 Å². The molecule has 2 atom stereocenters. The van der Waals surface area contributed by atoms with E-state index in [1.807, 2.05) is 0 Å². The van der Waals surface area contributed by atoms with Crippen molar-refractivity contribution in [2.75, 3.05) is 5.75 Å². The predicted octanol–water partition coefficient (Wildman–Crippen LogP) is 2.66. The van der Waals surface area contributed by atoms with Crippen molar-refractivity contribution in [3.8, 4) is 0 Å². The van der Waals surface area contributed by atoms with Crippen LogP contribution in [0.25, 0.3) is 0 Å². The Morgan fingerprint density at radius 1 is 1.20 bits per heavy atom. The molecule has 3 rings (SSSR count). The summed E-state index contributed by atoms with van der Waals surface area (Å²) in [6, 6.07) is 6.75. The zero-order valence-corrected chi connectivity index (χ0v) is 20.8. The summed E-state index contributed by atoms with van der Waals surface area (Å²) in [5.74, 6) is 0.430. The lowest BCUT2D eigenvalue weighted by Gasteiger charge is -2.24. The summed E-state index contributed by atoms with van der Waals surface area (Å²) < 4.78 is 46.3. The fourth-order valence-electron chi connectivity index (χ4n) is 3.78. The van der Waals surface area contributed by atoms with Crippen LogP contribution in [0.5, 0.6) is 0 Å². The van der Waals surface area contributed by atoms with Crippen LogP contribution in [0, 0.1) is 5.82 Å². The number of nitrogens with one attached hydrogen (secondary N) is 2. The molecule has 0 fully saturated rings. The number of halogens is 2. The molecular weight excluding hydrogens is 501 g/mol. The number of sulfone groups is 1. The summed E-state index contributed by atoms with van der Waals surface area (Å²) in [7, 11) is -4.27. The van der Waals surface area contributed by atoms with Crippen LogP contribution in [0.15, 0.2) is 41.3 Å². The van der Waals surface area contributed by atoms with Crippen molar-refractivity contribution in [1.29, 1.82) is 0 Å². The third-order valence-electron chi connectivity index (χ3n) is 5.30. The fourth-order valence-corrected chi connectivity index (χ4v) is 5.62. The van der Waals surface area contributed by atoms with Crippen LogP contribution in [0.2, 0.25) is 5.02 Å². The van der Waals surface area contributed by atoms with Gasteiger partial charge >= 0.3 is 6.09 Å². The first-order valence-corrected chi connectivity index (χ1v) is 12.6. The quantitative estimate of drug-likeness (QED) is 0.316. The van der Waals surface area contributed by atoms with E-state index in [4.69, 9.17) is 22.2 Å². The molecule has 0 aromatic heterocycles. The summed E-state index contributed by atoms with van der Waals surface area (Å²) in [6.45, 7) is 4.85. The Morgan fingerprint density at radius 3 is 2.40 bits per heavy atom. The highest BCUT2D eigenvalue weighted by Gasteiger charge is 2.41. The summed E-state index contributed by atoms with van der Waals surface area (Å²) in [6.07, 6.45) is -0.975. The van der Waals surface area contributed by atoms with E-state index in [1.54, 1.807) is 50.5 Å². The number of hydrazine groups is 1. The Kier molecular flexibility index (Phi) is 7.53. The zero-order valence-electron chi connectivity index (χ0n) is 19.2. The van der Waals surface area contributed by atoms with Gasteiger partial charge in [0, 0.05) is 5.02 Å². The summed E-state index contributed by atoms with van der Waals surface area (Å²) in [5.41, 5.74) is 0.947. The second-order valence-corrected chi connectivity index (χ2v) is 11.5. The van der Waals surface area contributed by atoms with Crippen molar-refractivity contribution < 1.29 is 31.9 Å². The van der Waals surface area contributed by atoms with Crippen LogP contribution in [-0.4, -0.2) is 43.6 Å². The van der Waals surface area contributed by atoms with Gasteiger partial charge in [-0.15, -0.1) is 0 Å². The van der Waals surface area contributed by atoms with Crippen LogP contribution in [0.3, 0.4) is 0 Å². The van der Waals surface area contributed by atoms with E-state index in [0.717, 1.165) is 6.07 Å². The minimum atomic E-state index is -4.27. The number of alkyl carbamates (subject to hydrolysis) is 1. The molecule has 0 radical (unpaired) electrons. The average Bonchev–Trinajstić information content (AvgIpc) is 2.82. The molecular formula is C23H25ClFN3O6S. The third kappa shape index (κ3) is 6.16. The Hall–Kier alpha value is -3.02. The van der Waals surface area contributed by atoms with Gasteiger partial charge in [-0.1, -0.05) is 23.7 Å². The lowest BCUT2D eigenvalue weighted by Crippen LogP contribution is -2.47. The number of rotatable bonds is 4. The van der Waals surface area contributed by atoms with Gasteiger partial charge in [0.15, 0.2) is 15.6 Å². The molecule has 0 aliphatic carbocycles.